The third kappa shape index (κ3) is 4.02. The van der Waals surface area contributed by atoms with Gasteiger partial charge in [-0.25, -0.2) is 8.42 Å². The summed E-state index contributed by atoms with van der Waals surface area (Å²) < 4.78 is 28.7. The van der Waals surface area contributed by atoms with E-state index in [1.165, 1.54) is 23.3 Å². The van der Waals surface area contributed by atoms with E-state index in [0.717, 1.165) is 12.7 Å². The molecule has 6 heteroatoms. The minimum absolute atomic E-state index is 0.0679. The van der Waals surface area contributed by atoms with Crippen LogP contribution in [0.15, 0.2) is 53.4 Å². The molecule has 0 saturated heterocycles. The first-order chi connectivity index (χ1) is 11.8. The number of carbonyl (C=O) groups is 1. The van der Waals surface area contributed by atoms with Gasteiger partial charge in [0.15, 0.2) is 15.9 Å². The van der Waals surface area contributed by atoms with Crippen LogP contribution in [-0.4, -0.2) is 38.1 Å². The van der Waals surface area contributed by atoms with Crippen molar-refractivity contribution < 1.29 is 17.9 Å². The van der Waals surface area contributed by atoms with Crippen LogP contribution in [0.1, 0.15) is 18.1 Å². The van der Waals surface area contributed by atoms with E-state index < -0.39 is 15.9 Å². The Labute approximate surface area is 148 Å². The summed E-state index contributed by atoms with van der Waals surface area (Å²) in [5.74, 6) is 0.410. The molecular weight excluding hydrogens is 338 g/mol. The van der Waals surface area contributed by atoms with Gasteiger partial charge in [0.25, 0.3) is 5.91 Å². The highest BCUT2D eigenvalue weighted by Crippen LogP contribution is 2.21. The predicted molar refractivity (Wildman–Crippen MR) is 95.2 cm³/mol. The number of nitrogens with zero attached hydrogens (tertiary/aromatic N) is 1. The van der Waals surface area contributed by atoms with Crippen LogP contribution in [-0.2, 0) is 27.6 Å². The summed E-state index contributed by atoms with van der Waals surface area (Å²) >= 11 is 0. The average molecular weight is 359 g/mol. The van der Waals surface area contributed by atoms with Crippen LogP contribution in [0.25, 0.3) is 0 Å². The molecule has 0 fully saturated rings. The number of amides is 1. The van der Waals surface area contributed by atoms with E-state index in [-0.39, 0.29) is 10.8 Å². The van der Waals surface area contributed by atoms with Crippen molar-refractivity contribution in [2.75, 3.05) is 12.8 Å². The fraction of sp³-hybridized carbons (Fsp3) is 0.316. The number of fused-ring (bicyclic) bond motifs is 1. The number of hydrogen-bond acceptors (Lipinski definition) is 4. The van der Waals surface area contributed by atoms with Crippen molar-refractivity contribution in [2.24, 2.45) is 0 Å². The monoisotopic (exact) mass is 359 g/mol. The fourth-order valence-corrected chi connectivity index (χ4v) is 3.59. The molecule has 0 saturated carbocycles. The van der Waals surface area contributed by atoms with Crippen molar-refractivity contribution in [1.82, 2.24) is 4.90 Å². The van der Waals surface area contributed by atoms with Gasteiger partial charge in [-0.2, -0.15) is 0 Å². The zero-order valence-electron chi connectivity index (χ0n) is 14.3. The Morgan fingerprint density at radius 2 is 1.72 bits per heavy atom. The molecule has 1 aliphatic heterocycles. The molecule has 1 amide bonds. The normalized spacial score (nSPS) is 15.4. The van der Waals surface area contributed by atoms with Crippen molar-refractivity contribution in [2.45, 2.75) is 30.9 Å². The van der Waals surface area contributed by atoms with Crippen LogP contribution in [0, 0.1) is 0 Å². The van der Waals surface area contributed by atoms with E-state index in [2.05, 4.69) is 6.07 Å². The summed E-state index contributed by atoms with van der Waals surface area (Å²) in [5.41, 5.74) is 2.46. The molecular formula is C19H21NO4S. The lowest BCUT2D eigenvalue weighted by molar-refractivity contribution is -0.138. The average Bonchev–Trinajstić information content (AvgIpc) is 2.60. The smallest absolute Gasteiger partial charge is 0.263 e. The summed E-state index contributed by atoms with van der Waals surface area (Å²) in [5, 5.41) is 0. The van der Waals surface area contributed by atoms with Crippen molar-refractivity contribution in [3.05, 3.63) is 59.7 Å². The van der Waals surface area contributed by atoms with Gasteiger partial charge in [-0.05, 0) is 48.7 Å². The highest BCUT2D eigenvalue weighted by Gasteiger charge is 2.25. The molecule has 3 rings (SSSR count). The summed E-state index contributed by atoms with van der Waals surface area (Å²) in [6.07, 6.45) is 1.37. The van der Waals surface area contributed by atoms with Crippen molar-refractivity contribution in [3.8, 4) is 5.75 Å². The first-order valence-electron chi connectivity index (χ1n) is 8.17. The molecule has 0 aromatic heterocycles. The Bertz CT molecular complexity index is 875. The van der Waals surface area contributed by atoms with Crippen LogP contribution in [0.2, 0.25) is 0 Å². The maximum Gasteiger partial charge on any atom is 0.263 e. The molecule has 2 aromatic carbocycles. The third-order valence-corrected chi connectivity index (χ3v) is 5.48. The van der Waals surface area contributed by atoms with Gasteiger partial charge < -0.3 is 9.64 Å². The molecule has 5 nitrogen and oxygen atoms in total. The second kappa shape index (κ2) is 6.88. The predicted octanol–water partition coefficient (Wildman–Crippen LogP) is 2.44. The Hall–Kier alpha value is -2.34. The Balaban J connectivity index is 1.65. The second-order valence-corrected chi connectivity index (χ2v) is 8.30. The lowest BCUT2D eigenvalue weighted by Crippen LogP contribution is -2.43. The molecule has 0 spiro atoms. The summed E-state index contributed by atoms with van der Waals surface area (Å²) in [4.78, 5) is 14.7. The third-order valence-electron chi connectivity index (χ3n) is 4.35. The van der Waals surface area contributed by atoms with E-state index >= 15 is 0 Å². The van der Waals surface area contributed by atoms with Crippen LogP contribution in [0.4, 0.5) is 0 Å². The number of benzene rings is 2. The van der Waals surface area contributed by atoms with Crippen LogP contribution in [0.5, 0.6) is 5.75 Å². The zero-order valence-corrected chi connectivity index (χ0v) is 15.1. The van der Waals surface area contributed by atoms with E-state index in [1.807, 2.05) is 18.2 Å². The number of sulfone groups is 1. The Kier molecular flexibility index (Phi) is 4.81. The number of rotatable bonds is 4. The standard InChI is InChI=1S/C19H21NO4S/c1-14(24-17-7-9-18(10-8-17)25(2,22)23)19(21)20-12-11-15-5-3-4-6-16(15)13-20/h3-10,14H,11-13H2,1-2H3. The first-order valence-corrected chi connectivity index (χ1v) is 10.1. The quantitative estimate of drug-likeness (QED) is 0.841. The molecule has 0 radical (unpaired) electrons. The molecule has 132 valence electrons. The highest BCUT2D eigenvalue weighted by molar-refractivity contribution is 7.90. The van der Waals surface area contributed by atoms with Crippen molar-refractivity contribution in [1.29, 1.82) is 0 Å². The Morgan fingerprint density at radius 3 is 2.36 bits per heavy atom. The number of ether oxygens (including phenoxy) is 1. The van der Waals surface area contributed by atoms with E-state index in [0.29, 0.717) is 18.8 Å². The SMILES string of the molecule is CC(Oc1ccc(S(C)(=O)=O)cc1)C(=O)N1CCc2ccccc2C1. The summed E-state index contributed by atoms with van der Waals surface area (Å²) in [6.45, 7) is 2.99. The number of hydrogen-bond donors (Lipinski definition) is 0. The number of carbonyl (C=O) groups excluding carboxylic acids is 1. The highest BCUT2D eigenvalue weighted by atomic mass is 32.2. The van der Waals surface area contributed by atoms with Crippen LogP contribution < -0.4 is 4.74 Å². The summed E-state index contributed by atoms with van der Waals surface area (Å²) in [7, 11) is -3.24. The van der Waals surface area contributed by atoms with Crippen molar-refractivity contribution in [3.63, 3.8) is 0 Å². The molecule has 1 unspecified atom stereocenters. The van der Waals surface area contributed by atoms with Gasteiger partial charge in [0.1, 0.15) is 5.75 Å². The largest absolute Gasteiger partial charge is 0.481 e. The van der Waals surface area contributed by atoms with Gasteiger partial charge in [-0.1, -0.05) is 24.3 Å². The van der Waals surface area contributed by atoms with Gasteiger partial charge in [0.05, 0.1) is 4.90 Å². The van der Waals surface area contributed by atoms with Gasteiger partial charge in [0.2, 0.25) is 0 Å². The van der Waals surface area contributed by atoms with E-state index in [9.17, 15) is 13.2 Å². The maximum atomic E-state index is 12.6. The Morgan fingerprint density at radius 1 is 1.08 bits per heavy atom. The first kappa shape index (κ1) is 17.5. The minimum Gasteiger partial charge on any atom is -0.481 e. The summed E-state index contributed by atoms with van der Waals surface area (Å²) in [6, 6.07) is 14.3. The lowest BCUT2D eigenvalue weighted by Gasteiger charge is -2.31. The fourth-order valence-electron chi connectivity index (χ4n) is 2.96. The van der Waals surface area contributed by atoms with Crippen LogP contribution in [0.3, 0.4) is 0 Å². The molecule has 1 aliphatic rings. The molecule has 1 heterocycles. The minimum atomic E-state index is -3.24. The van der Waals surface area contributed by atoms with Gasteiger partial charge >= 0.3 is 0 Å². The van der Waals surface area contributed by atoms with Gasteiger partial charge in [-0.3, -0.25) is 4.79 Å². The van der Waals surface area contributed by atoms with Crippen LogP contribution >= 0.6 is 0 Å². The molecule has 2 aromatic rings. The van der Waals surface area contributed by atoms with Crippen molar-refractivity contribution >= 4 is 15.7 Å². The molecule has 25 heavy (non-hydrogen) atoms. The van der Waals surface area contributed by atoms with Gasteiger partial charge in [0, 0.05) is 19.3 Å². The molecule has 0 bridgehead atoms. The van der Waals surface area contributed by atoms with E-state index in [4.69, 9.17) is 4.74 Å². The lowest BCUT2D eigenvalue weighted by atomic mass is 9.99. The zero-order chi connectivity index (χ0) is 18.0. The second-order valence-electron chi connectivity index (χ2n) is 6.28. The topological polar surface area (TPSA) is 63.7 Å². The molecule has 1 atom stereocenters. The molecule has 0 aliphatic carbocycles. The maximum absolute atomic E-state index is 12.6. The van der Waals surface area contributed by atoms with Gasteiger partial charge in [-0.15, -0.1) is 0 Å². The van der Waals surface area contributed by atoms with E-state index in [1.54, 1.807) is 24.0 Å². The molecule has 0 N–H and O–H groups in total.